The van der Waals surface area contributed by atoms with Crippen LogP contribution in [0.3, 0.4) is 0 Å². The molecule has 0 radical (unpaired) electrons. The second kappa shape index (κ2) is 9.35. The average Bonchev–Trinajstić information content (AvgIpc) is 3.18. The van der Waals surface area contributed by atoms with E-state index in [-0.39, 0.29) is 6.03 Å². The number of benzene rings is 2. The van der Waals surface area contributed by atoms with E-state index in [9.17, 15) is 4.79 Å². The molecule has 3 aromatic rings. The number of hydrogen-bond acceptors (Lipinski definition) is 6. The van der Waals surface area contributed by atoms with Crippen molar-refractivity contribution in [3.05, 3.63) is 65.9 Å². The van der Waals surface area contributed by atoms with E-state index in [1.54, 1.807) is 15.9 Å². The highest BCUT2D eigenvalue weighted by Gasteiger charge is 2.30. The van der Waals surface area contributed by atoms with Crippen LogP contribution in [0, 0.1) is 18.3 Å². The minimum Gasteiger partial charge on any atom is -0.294 e. The summed E-state index contributed by atoms with van der Waals surface area (Å²) in [5.74, 6) is 0. The number of anilines is 2. The molecule has 0 atom stereocenters. The van der Waals surface area contributed by atoms with Gasteiger partial charge in [-0.2, -0.15) is 5.26 Å². The first-order chi connectivity index (χ1) is 15.1. The first-order valence-electron chi connectivity index (χ1n) is 9.81. The van der Waals surface area contributed by atoms with Gasteiger partial charge in [-0.15, -0.1) is 0 Å². The highest BCUT2D eigenvalue weighted by Crippen LogP contribution is 2.34. The van der Waals surface area contributed by atoms with Crippen molar-refractivity contribution in [1.82, 2.24) is 4.98 Å². The van der Waals surface area contributed by atoms with E-state index in [1.165, 1.54) is 29.4 Å². The maximum atomic E-state index is 13.2. The van der Waals surface area contributed by atoms with E-state index >= 15 is 0 Å². The van der Waals surface area contributed by atoms with Crippen LogP contribution in [0.4, 0.5) is 15.6 Å². The quantitative estimate of drug-likeness (QED) is 0.415. The number of thiazole rings is 1. The van der Waals surface area contributed by atoms with Gasteiger partial charge in [0.1, 0.15) is 0 Å². The minimum absolute atomic E-state index is 0.0707. The van der Waals surface area contributed by atoms with Crippen LogP contribution in [0.15, 0.2) is 58.8 Å². The maximum absolute atomic E-state index is 13.2. The van der Waals surface area contributed by atoms with Gasteiger partial charge < -0.3 is 0 Å². The van der Waals surface area contributed by atoms with Crippen LogP contribution in [0.25, 0.3) is 17.2 Å². The van der Waals surface area contributed by atoms with Gasteiger partial charge in [-0.1, -0.05) is 47.7 Å². The van der Waals surface area contributed by atoms with Crippen LogP contribution in [0.5, 0.6) is 0 Å². The molecule has 2 N–H and O–H groups in total. The number of carbonyl (C=O) groups is 1. The Bertz CT molecular complexity index is 1160. The van der Waals surface area contributed by atoms with Crippen LogP contribution >= 0.6 is 23.3 Å². The van der Waals surface area contributed by atoms with Gasteiger partial charge in [-0.05, 0) is 60.2 Å². The molecule has 1 saturated heterocycles. The molecule has 0 unspecified atom stereocenters. The first kappa shape index (κ1) is 21.1. The highest BCUT2D eigenvalue weighted by atomic mass is 32.2. The number of hydrogen-bond donors (Lipinski definition) is 1. The summed E-state index contributed by atoms with van der Waals surface area (Å²) in [7, 11) is 0. The van der Waals surface area contributed by atoms with Gasteiger partial charge in [-0.3, -0.25) is 14.9 Å². The zero-order valence-electron chi connectivity index (χ0n) is 17.0. The molecule has 6 nitrogen and oxygen atoms in total. The molecule has 1 aliphatic rings. The van der Waals surface area contributed by atoms with Gasteiger partial charge >= 0.3 is 6.03 Å². The number of urea groups is 1. The summed E-state index contributed by atoms with van der Waals surface area (Å²) in [6.07, 6.45) is 4.14. The fraction of sp³-hybridized carbons (Fsp3) is 0.174. The van der Waals surface area contributed by atoms with Gasteiger partial charge in [0.25, 0.3) is 0 Å². The third kappa shape index (κ3) is 4.35. The highest BCUT2D eigenvalue weighted by molar-refractivity contribution is 7.99. The lowest BCUT2D eigenvalue weighted by Gasteiger charge is -2.34. The van der Waals surface area contributed by atoms with Crippen LogP contribution < -0.4 is 14.9 Å². The molecule has 31 heavy (non-hydrogen) atoms. The zero-order valence-corrected chi connectivity index (χ0v) is 18.6. The Hall–Kier alpha value is -3.12. The number of aromatic nitrogens is 1. The molecular formula is C23H21N5OS2. The van der Waals surface area contributed by atoms with Crippen LogP contribution in [0.2, 0.25) is 0 Å². The van der Waals surface area contributed by atoms with Crippen LogP contribution in [-0.4, -0.2) is 24.1 Å². The fourth-order valence-electron chi connectivity index (χ4n) is 3.59. The standard InChI is InChI=1S/C23H21N5OS2/c1-16-21(31-25)30-22(26-16)28-15-5-14-27(23(28)29)19-11-9-18(10-12-19)20-8-3-2-6-17(20)7-4-13-24/h2-4,6-12H,5,14-15,25H2,1H3/b7-4+. The van der Waals surface area contributed by atoms with Crippen LogP contribution in [-0.2, 0) is 0 Å². The summed E-state index contributed by atoms with van der Waals surface area (Å²) in [4.78, 5) is 21.3. The molecule has 4 rings (SSSR count). The number of rotatable bonds is 5. The number of nitriles is 1. The molecule has 156 valence electrons. The lowest BCUT2D eigenvalue weighted by Crippen LogP contribution is -2.49. The van der Waals surface area contributed by atoms with Crippen LogP contribution in [0.1, 0.15) is 17.7 Å². The summed E-state index contributed by atoms with van der Waals surface area (Å²) in [6.45, 7) is 3.22. The van der Waals surface area contributed by atoms with E-state index in [2.05, 4.69) is 4.98 Å². The molecule has 8 heteroatoms. The predicted molar refractivity (Wildman–Crippen MR) is 128 cm³/mol. The summed E-state index contributed by atoms with van der Waals surface area (Å²) in [5.41, 5.74) is 4.75. The molecular weight excluding hydrogens is 426 g/mol. The topological polar surface area (TPSA) is 86.2 Å². The second-order valence-electron chi connectivity index (χ2n) is 7.02. The largest absolute Gasteiger partial charge is 0.330 e. The third-order valence-electron chi connectivity index (χ3n) is 5.09. The van der Waals surface area contributed by atoms with E-state index < -0.39 is 0 Å². The van der Waals surface area contributed by atoms with Gasteiger partial charge in [0, 0.05) is 24.9 Å². The summed E-state index contributed by atoms with van der Waals surface area (Å²) in [5, 5.41) is 15.2. The molecule has 1 aromatic heterocycles. The third-order valence-corrected chi connectivity index (χ3v) is 7.12. The van der Waals surface area contributed by atoms with Crippen molar-refractivity contribution in [1.29, 1.82) is 5.26 Å². The lowest BCUT2D eigenvalue weighted by atomic mass is 9.99. The average molecular weight is 448 g/mol. The Morgan fingerprint density at radius 2 is 1.90 bits per heavy atom. The summed E-state index contributed by atoms with van der Waals surface area (Å²) >= 11 is 2.62. The van der Waals surface area contributed by atoms with Crippen molar-refractivity contribution < 1.29 is 4.79 Å². The monoisotopic (exact) mass is 447 g/mol. The number of amides is 2. The number of nitrogens with zero attached hydrogens (tertiary/aromatic N) is 4. The van der Waals surface area contributed by atoms with Gasteiger partial charge in [-0.25, -0.2) is 9.78 Å². The van der Waals surface area contributed by atoms with E-state index in [0.717, 1.165) is 38.7 Å². The summed E-state index contributed by atoms with van der Waals surface area (Å²) in [6, 6.07) is 17.9. The van der Waals surface area contributed by atoms with Crippen molar-refractivity contribution in [2.24, 2.45) is 5.14 Å². The van der Waals surface area contributed by atoms with Crippen molar-refractivity contribution in [2.75, 3.05) is 22.9 Å². The van der Waals surface area contributed by atoms with Gasteiger partial charge in [0.05, 0.1) is 16.0 Å². The van der Waals surface area contributed by atoms with Gasteiger partial charge in [0.2, 0.25) is 0 Å². The molecule has 1 fully saturated rings. The maximum Gasteiger partial charge on any atom is 0.330 e. The van der Waals surface area contributed by atoms with Crippen molar-refractivity contribution in [3.63, 3.8) is 0 Å². The minimum atomic E-state index is -0.0707. The van der Waals surface area contributed by atoms with Crippen molar-refractivity contribution in [3.8, 4) is 17.2 Å². The first-order valence-corrected chi connectivity index (χ1v) is 11.5. The molecule has 2 amide bonds. The number of allylic oxidation sites excluding steroid dienone is 1. The lowest BCUT2D eigenvalue weighted by molar-refractivity contribution is 0.248. The summed E-state index contributed by atoms with van der Waals surface area (Å²) < 4.78 is 0.924. The molecule has 2 heterocycles. The zero-order chi connectivity index (χ0) is 21.8. The molecule has 0 aliphatic carbocycles. The molecule has 0 bridgehead atoms. The SMILES string of the molecule is Cc1nc(N2CCCN(c3ccc(-c4ccccc4/C=C/C#N)cc3)C2=O)sc1SN. The number of carbonyl (C=O) groups excluding carboxylic acids is 1. The van der Waals surface area contributed by atoms with Gasteiger partial charge in [0.15, 0.2) is 5.13 Å². The smallest absolute Gasteiger partial charge is 0.294 e. The molecule has 0 spiro atoms. The van der Waals surface area contributed by atoms with E-state index in [0.29, 0.717) is 18.2 Å². The number of aryl methyl sites for hydroxylation is 1. The molecule has 1 aliphatic heterocycles. The Kier molecular flexibility index (Phi) is 6.37. The molecule has 0 saturated carbocycles. The molecule has 2 aromatic carbocycles. The normalized spacial score (nSPS) is 14.3. The Morgan fingerprint density at radius 3 is 2.61 bits per heavy atom. The van der Waals surface area contributed by atoms with Crippen molar-refractivity contribution >= 4 is 46.2 Å². The predicted octanol–water partition coefficient (Wildman–Crippen LogP) is 5.46. The Morgan fingerprint density at radius 1 is 1.16 bits per heavy atom. The Balaban J connectivity index is 1.58. The number of nitrogens with two attached hydrogens (primary N) is 1. The Labute approximate surface area is 189 Å². The fourth-order valence-corrected chi connectivity index (χ4v) is 5.04. The van der Waals surface area contributed by atoms with E-state index in [1.807, 2.05) is 61.5 Å². The van der Waals surface area contributed by atoms with E-state index in [4.69, 9.17) is 10.4 Å². The van der Waals surface area contributed by atoms with Crippen molar-refractivity contribution in [2.45, 2.75) is 17.6 Å². The second-order valence-corrected chi connectivity index (χ2v) is 8.90.